The lowest BCUT2D eigenvalue weighted by molar-refractivity contribution is 0.0696. The Morgan fingerprint density at radius 1 is 0.848 bits per heavy atom. The smallest absolute Gasteiger partial charge is 0.335 e. The Morgan fingerprint density at radius 2 is 1.39 bits per heavy atom. The molecule has 0 saturated carbocycles. The number of benzene rings is 2. The Kier molecular flexibility index (Phi) is 7.66. The first kappa shape index (κ1) is 25.0. The molecule has 4 heteroatoms. The largest absolute Gasteiger partial charge is 0.493 e. The maximum absolute atomic E-state index is 13.6. The van der Waals surface area contributed by atoms with Crippen LogP contribution in [0.5, 0.6) is 5.75 Å². The average Bonchev–Trinajstić information content (AvgIpc) is 2.78. The van der Waals surface area contributed by atoms with Crippen molar-refractivity contribution in [1.82, 2.24) is 0 Å². The van der Waals surface area contributed by atoms with Gasteiger partial charge in [0.2, 0.25) is 0 Å². The summed E-state index contributed by atoms with van der Waals surface area (Å²) < 4.78 is 6.23. The van der Waals surface area contributed by atoms with E-state index in [2.05, 4.69) is 40.7 Å². The van der Waals surface area contributed by atoms with E-state index in [-0.39, 0.29) is 22.2 Å². The lowest BCUT2D eigenvalue weighted by Crippen LogP contribution is -2.34. The van der Waals surface area contributed by atoms with Crippen molar-refractivity contribution in [2.75, 3.05) is 6.61 Å². The van der Waals surface area contributed by atoms with E-state index in [1.54, 1.807) is 12.1 Å². The number of hydrogen-bond acceptors (Lipinski definition) is 3. The summed E-state index contributed by atoms with van der Waals surface area (Å²) in [6.45, 7) is 11.8. The van der Waals surface area contributed by atoms with Crippen LogP contribution in [0.15, 0.2) is 36.4 Å². The SMILES string of the molecule is CCCCCCCOc1cc2c(cc1C(=O)c1ccc(C(=O)O)cc1)C(C)(C)CCC2(C)C. The predicted molar refractivity (Wildman–Crippen MR) is 133 cm³/mol. The number of carboxylic acids is 1. The van der Waals surface area contributed by atoms with Gasteiger partial charge in [-0.3, -0.25) is 4.79 Å². The molecule has 1 N–H and O–H groups in total. The van der Waals surface area contributed by atoms with Gasteiger partial charge >= 0.3 is 5.97 Å². The Morgan fingerprint density at radius 3 is 1.97 bits per heavy atom. The molecule has 0 amide bonds. The van der Waals surface area contributed by atoms with E-state index >= 15 is 0 Å². The van der Waals surface area contributed by atoms with Gasteiger partial charge in [-0.05, 0) is 65.5 Å². The van der Waals surface area contributed by atoms with Crippen molar-refractivity contribution >= 4 is 11.8 Å². The van der Waals surface area contributed by atoms with Gasteiger partial charge < -0.3 is 9.84 Å². The second kappa shape index (κ2) is 10.1. The van der Waals surface area contributed by atoms with Crippen LogP contribution >= 0.6 is 0 Å². The van der Waals surface area contributed by atoms with E-state index in [9.17, 15) is 14.7 Å². The summed E-state index contributed by atoms with van der Waals surface area (Å²) in [6, 6.07) is 10.3. The van der Waals surface area contributed by atoms with Gasteiger partial charge in [-0.2, -0.15) is 0 Å². The number of ketones is 1. The molecule has 1 aliphatic rings. The number of rotatable bonds is 10. The van der Waals surface area contributed by atoms with Crippen molar-refractivity contribution in [3.63, 3.8) is 0 Å². The topological polar surface area (TPSA) is 63.6 Å². The quantitative estimate of drug-likeness (QED) is 0.304. The second-order valence-corrected chi connectivity index (χ2v) is 10.6. The van der Waals surface area contributed by atoms with Gasteiger partial charge in [0, 0.05) is 5.56 Å². The Balaban J connectivity index is 1.98. The van der Waals surface area contributed by atoms with E-state index < -0.39 is 5.97 Å². The monoisotopic (exact) mass is 450 g/mol. The standard InChI is InChI=1S/C29H38O4/c1-6-7-8-9-10-17-33-25-19-24-23(28(2,3)15-16-29(24,4)5)18-22(25)26(30)20-11-13-21(14-12-20)27(31)32/h11-14,18-19H,6-10,15-17H2,1-5H3,(H,31,32). The molecule has 0 bridgehead atoms. The van der Waals surface area contributed by atoms with Crippen LogP contribution in [0.4, 0.5) is 0 Å². The number of carboxylic acid groups (broad SMARTS) is 1. The van der Waals surface area contributed by atoms with Crippen LogP contribution in [0.3, 0.4) is 0 Å². The van der Waals surface area contributed by atoms with Gasteiger partial charge in [0.1, 0.15) is 5.75 Å². The minimum absolute atomic E-state index is 0.0221. The molecule has 0 saturated heterocycles. The van der Waals surface area contributed by atoms with Crippen LogP contribution in [0, 0.1) is 0 Å². The fourth-order valence-electron chi connectivity index (χ4n) is 4.70. The Labute approximate surface area is 198 Å². The van der Waals surface area contributed by atoms with E-state index in [0.717, 1.165) is 25.7 Å². The van der Waals surface area contributed by atoms with Crippen LogP contribution in [-0.2, 0) is 10.8 Å². The summed E-state index contributed by atoms with van der Waals surface area (Å²) in [5, 5.41) is 9.18. The van der Waals surface area contributed by atoms with E-state index in [1.807, 2.05) is 6.07 Å². The van der Waals surface area contributed by atoms with Crippen molar-refractivity contribution in [3.8, 4) is 5.75 Å². The lowest BCUT2D eigenvalue weighted by atomic mass is 9.62. The number of unbranched alkanes of at least 4 members (excludes halogenated alkanes) is 4. The third kappa shape index (κ3) is 5.66. The fraction of sp³-hybridized carbons (Fsp3) is 0.517. The van der Waals surface area contributed by atoms with Crippen molar-refractivity contribution in [1.29, 1.82) is 0 Å². The summed E-state index contributed by atoms with van der Waals surface area (Å²) in [7, 11) is 0. The molecule has 1 aliphatic carbocycles. The van der Waals surface area contributed by atoms with Crippen LogP contribution < -0.4 is 4.74 Å². The minimum atomic E-state index is -1.00. The number of fused-ring (bicyclic) bond motifs is 1. The third-order valence-corrected chi connectivity index (χ3v) is 7.10. The van der Waals surface area contributed by atoms with Gasteiger partial charge in [0.25, 0.3) is 0 Å². The minimum Gasteiger partial charge on any atom is -0.493 e. The maximum atomic E-state index is 13.6. The molecule has 0 radical (unpaired) electrons. The van der Waals surface area contributed by atoms with Gasteiger partial charge in [-0.15, -0.1) is 0 Å². The molecule has 178 valence electrons. The molecule has 0 aromatic heterocycles. The first-order valence-electron chi connectivity index (χ1n) is 12.3. The molecule has 0 unspecified atom stereocenters. The molecule has 2 aromatic carbocycles. The highest BCUT2D eigenvalue weighted by Gasteiger charge is 2.38. The summed E-state index contributed by atoms with van der Waals surface area (Å²) in [5.74, 6) is -0.490. The van der Waals surface area contributed by atoms with Gasteiger partial charge in [0.15, 0.2) is 5.78 Å². The van der Waals surface area contributed by atoms with E-state index in [4.69, 9.17) is 4.74 Å². The van der Waals surface area contributed by atoms with E-state index in [0.29, 0.717) is 23.5 Å². The molecule has 0 aliphatic heterocycles. The van der Waals surface area contributed by atoms with Crippen molar-refractivity contribution < 1.29 is 19.4 Å². The number of hydrogen-bond donors (Lipinski definition) is 1. The Bertz CT molecular complexity index is 999. The number of ether oxygens (including phenoxy) is 1. The summed E-state index contributed by atoms with van der Waals surface area (Å²) in [5.41, 5.74) is 3.68. The molecule has 0 fully saturated rings. The second-order valence-electron chi connectivity index (χ2n) is 10.6. The number of carbonyl (C=O) groups excluding carboxylic acids is 1. The van der Waals surface area contributed by atoms with Crippen LogP contribution in [0.1, 0.15) is 117 Å². The first-order valence-corrected chi connectivity index (χ1v) is 12.3. The average molecular weight is 451 g/mol. The highest BCUT2D eigenvalue weighted by atomic mass is 16.5. The van der Waals surface area contributed by atoms with Crippen LogP contribution in [0.2, 0.25) is 0 Å². The summed E-state index contributed by atoms with van der Waals surface area (Å²) in [6.07, 6.45) is 7.88. The molecule has 0 atom stereocenters. The maximum Gasteiger partial charge on any atom is 0.335 e. The third-order valence-electron chi connectivity index (χ3n) is 7.10. The lowest BCUT2D eigenvalue weighted by Gasteiger charge is -2.42. The van der Waals surface area contributed by atoms with Gasteiger partial charge in [-0.1, -0.05) is 72.4 Å². The van der Waals surface area contributed by atoms with Crippen LogP contribution in [-0.4, -0.2) is 23.5 Å². The molecule has 3 rings (SSSR count). The van der Waals surface area contributed by atoms with Crippen molar-refractivity contribution in [3.05, 3.63) is 64.2 Å². The molecular formula is C29H38O4. The molecule has 0 heterocycles. The molecule has 0 spiro atoms. The van der Waals surface area contributed by atoms with Gasteiger partial charge in [0.05, 0.1) is 17.7 Å². The summed E-state index contributed by atoms with van der Waals surface area (Å²) >= 11 is 0. The van der Waals surface area contributed by atoms with Crippen molar-refractivity contribution in [2.45, 2.75) is 90.4 Å². The fourth-order valence-corrected chi connectivity index (χ4v) is 4.70. The molecule has 4 nitrogen and oxygen atoms in total. The van der Waals surface area contributed by atoms with Crippen LogP contribution in [0.25, 0.3) is 0 Å². The summed E-state index contributed by atoms with van der Waals surface area (Å²) in [4.78, 5) is 24.8. The zero-order valence-electron chi connectivity index (χ0n) is 20.8. The molecule has 2 aromatic rings. The van der Waals surface area contributed by atoms with E-state index in [1.165, 1.54) is 42.5 Å². The predicted octanol–water partition coefficient (Wildman–Crippen LogP) is 7.31. The molecular weight excluding hydrogens is 412 g/mol. The van der Waals surface area contributed by atoms with Gasteiger partial charge in [-0.25, -0.2) is 4.79 Å². The number of carbonyl (C=O) groups is 2. The number of aromatic carboxylic acids is 1. The Hall–Kier alpha value is -2.62. The highest BCUT2D eigenvalue weighted by Crippen LogP contribution is 2.48. The first-order chi connectivity index (χ1) is 15.6. The highest BCUT2D eigenvalue weighted by molar-refractivity contribution is 6.11. The van der Waals surface area contributed by atoms with Crippen molar-refractivity contribution in [2.24, 2.45) is 0 Å². The molecule has 33 heavy (non-hydrogen) atoms. The normalized spacial score (nSPS) is 16.2. The zero-order valence-corrected chi connectivity index (χ0v) is 20.8. The zero-order chi connectivity index (χ0) is 24.2.